The predicted octanol–water partition coefficient (Wildman–Crippen LogP) is 4.61. The number of benzene rings is 1. The topological polar surface area (TPSA) is 12.0 Å². The molecule has 1 N–H and O–H groups in total. The molecule has 3 unspecified atom stereocenters. The molecule has 1 fully saturated rings. The van der Waals surface area contributed by atoms with E-state index in [1.807, 2.05) is 0 Å². The van der Waals surface area contributed by atoms with Crippen molar-refractivity contribution in [2.24, 2.45) is 11.8 Å². The average Bonchev–Trinajstić information content (AvgIpc) is 2.78. The number of aryl methyl sites for hydroxylation is 1. The van der Waals surface area contributed by atoms with Gasteiger partial charge in [-0.05, 0) is 55.3 Å². The molecule has 0 amide bonds. The lowest BCUT2D eigenvalue weighted by Gasteiger charge is -2.28. The van der Waals surface area contributed by atoms with Crippen LogP contribution in [0.4, 0.5) is 0 Å². The van der Waals surface area contributed by atoms with E-state index in [2.05, 4.69) is 44.3 Å². The Morgan fingerprint density at radius 2 is 2.16 bits per heavy atom. The molecule has 3 atom stereocenters. The zero-order chi connectivity index (χ0) is 13.8. The highest BCUT2D eigenvalue weighted by molar-refractivity contribution is 6.31. The second kappa shape index (κ2) is 6.76. The maximum Gasteiger partial charge on any atom is 0.0441 e. The minimum atomic E-state index is 0.572. The first-order valence-corrected chi connectivity index (χ1v) is 7.98. The summed E-state index contributed by atoms with van der Waals surface area (Å²) in [6.45, 7) is 7.73. The first-order valence-electron chi connectivity index (χ1n) is 7.60. The summed E-state index contributed by atoms with van der Waals surface area (Å²) in [6, 6.07) is 7.02. The molecule has 1 saturated carbocycles. The Bertz CT molecular complexity index is 416. The second-order valence-corrected chi connectivity index (χ2v) is 6.44. The summed E-state index contributed by atoms with van der Waals surface area (Å²) in [5, 5.41) is 4.61. The lowest BCUT2D eigenvalue weighted by molar-refractivity contribution is 0.298. The highest BCUT2D eigenvalue weighted by Crippen LogP contribution is 2.35. The van der Waals surface area contributed by atoms with Crippen molar-refractivity contribution in [3.63, 3.8) is 0 Å². The first-order chi connectivity index (χ1) is 9.11. The molecule has 0 spiro atoms. The van der Waals surface area contributed by atoms with Crippen LogP contribution in [-0.2, 0) is 6.42 Å². The molecule has 1 aliphatic rings. The lowest BCUT2D eigenvalue weighted by Crippen LogP contribution is -2.39. The van der Waals surface area contributed by atoms with Gasteiger partial charge in [-0.25, -0.2) is 0 Å². The molecular formula is C17H26ClN. The molecular weight excluding hydrogens is 254 g/mol. The summed E-state index contributed by atoms with van der Waals surface area (Å²) in [5.41, 5.74) is 2.53. The van der Waals surface area contributed by atoms with Crippen molar-refractivity contribution < 1.29 is 0 Å². The Labute approximate surface area is 122 Å². The van der Waals surface area contributed by atoms with Gasteiger partial charge < -0.3 is 5.32 Å². The van der Waals surface area contributed by atoms with Gasteiger partial charge in [-0.3, -0.25) is 0 Å². The Balaban J connectivity index is 2.11. The number of likely N-dealkylation sites (N-methyl/N-ethyl adjacent to an activating group) is 1. The SMILES string of the molecule is CCNC(Cc1ccc(C)cc1Cl)C1CCCC1C. The standard InChI is InChI=1S/C17H26ClN/c1-4-19-17(15-7-5-6-13(15)3)11-14-9-8-12(2)10-16(14)18/h8-10,13,15,17,19H,4-7,11H2,1-3H3. The highest BCUT2D eigenvalue weighted by atomic mass is 35.5. The number of hydrogen-bond acceptors (Lipinski definition) is 1. The molecule has 0 aliphatic heterocycles. The Hall–Kier alpha value is -0.530. The average molecular weight is 280 g/mol. The molecule has 1 nitrogen and oxygen atoms in total. The third-order valence-electron chi connectivity index (χ3n) is 4.56. The van der Waals surface area contributed by atoms with Crippen molar-refractivity contribution in [1.29, 1.82) is 0 Å². The minimum absolute atomic E-state index is 0.572. The predicted molar refractivity (Wildman–Crippen MR) is 83.9 cm³/mol. The number of nitrogens with one attached hydrogen (secondary N) is 1. The van der Waals surface area contributed by atoms with Gasteiger partial charge in [0, 0.05) is 11.1 Å². The van der Waals surface area contributed by atoms with Gasteiger partial charge in [-0.2, -0.15) is 0 Å². The van der Waals surface area contributed by atoms with Crippen molar-refractivity contribution in [2.45, 2.75) is 52.5 Å². The van der Waals surface area contributed by atoms with E-state index in [1.165, 1.54) is 30.4 Å². The molecule has 0 bridgehead atoms. The quantitative estimate of drug-likeness (QED) is 0.830. The first kappa shape index (κ1) is 14.9. The van der Waals surface area contributed by atoms with Crippen LogP contribution in [-0.4, -0.2) is 12.6 Å². The van der Waals surface area contributed by atoms with Crippen LogP contribution in [0.15, 0.2) is 18.2 Å². The summed E-state index contributed by atoms with van der Waals surface area (Å²) in [6.07, 6.45) is 5.19. The van der Waals surface area contributed by atoms with Crippen molar-refractivity contribution in [3.8, 4) is 0 Å². The van der Waals surface area contributed by atoms with E-state index in [-0.39, 0.29) is 0 Å². The maximum absolute atomic E-state index is 6.39. The fourth-order valence-corrected chi connectivity index (χ4v) is 3.78. The lowest BCUT2D eigenvalue weighted by atomic mass is 9.86. The van der Waals surface area contributed by atoms with Crippen LogP contribution >= 0.6 is 11.6 Å². The van der Waals surface area contributed by atoms with Gasteiger partial charge >= 0.3 is 0 Å². The van der Waals surface area contributed by atoms with E-state index < -0.39 is 0 Å². The Morgan fingerprint density at radius 3 is 2.74 bits per heavy atom. The smallest absolute Gasteiger partial charge is 0.0441 e. The van der Waals surface area contributed by atoms with Gasteiger partial charge in [0.05, 0.1) is 0 Å². The van der Waals surface area contributed by atoms with Gasteiger partial charge in [0.15, 0.2) is 0 Å². The molecule has 0 heterocycles. The van der Waals surface area contributed by atoms with E-state index in [4.69, 9.17) is 11.6 Å². The van der Waals surface area contributed by atoms with Crippen LogP contribution in [0.2, 0.25) is 5.02 Å². The fourth-order valence-electron chi connectivity index (χ4n) is 3.46. The van der Waals surface area contributed by atoms with Crippen LogP contribution in [0.1, 0.15) is 44.2 Å². The van der Waals surface area contributed by atoms with E-state index >= 15 is 0 Å². The highest BCUT2D eigenvalue weighted by Gasteiger charge is 2.30. The van der Waals surface area contributed by atoms with Crippen LogP contribution in [0.5, 0.6) is 0 Å². The molecule has 106 valence electrons. The molecule has 2 rings (SSSR count). The van der Waals surface area contributed by atoms with E-state index in [0.717, 1.165) is 29.8 Å². The molecule has 0 aromatic heterocycles. The van der Waals surface area contributed by atoms with Gasteiger partial charge in [0.1, 0.15) is 0 Å². The molecule has 19 heavy (non-hydrogen) atoms. The van der Waals surface area contributed by atoms with E-state index in [9.17, 15) is 0 Å². The largest absolute Gasteiger partial charge is 0.314 e. The Morgan fingerprint density at radius 1 is 1.37 bits per heavy atom. The molecule has 2 heteroatoms. The third-order valence-corrected chi connectivity index (χ3v) is 4.91. The molecule has 1 aromatic carbocycles. The van der Waals surface area contributed by atoms with E-state index in [1.54, 1.807) is 0 Å². The van der Waals surface area contributed by atoms with Crippen molar-refractivity contribution in [2.75, 3.05) is 6.54 Å². The molecule has 0 saturated heterocycles. The van der Waals surface area contributed by atoms with Crippen LogP contribution in [0.25, 0.3) is 0 Å². The monoisotopic (exact) mass is 279 g/mol. The molecule has 1 aromatic rings. The number of hydrogen-bond donors (Lipinski definition) is 1. The van der Waals surface area contributed by atoms with E-state index in [0.29, 0.717) is 6.04 Å². The van der Waals surface area contributed by atoms with Gasteiger partial charge in [0.25, 0.3) is 0 Å². The summed E-state index contributed by atoms with van der Waals surface area (Å²) >= 11 is 6.39. The Kier molecular flexibility index (Phi) is 5.29. The van der Waals surface area contributed by atoms with Crippen LogP contribution in [0.3, 0.4) is 0 Å². The molecule has 0 radical (unpaired) electrons. The summed E-state index contributed by atoms with van der Waals surface area (Å²) in [5.74, 6) is 1.64. The number of rotatable bonds is 5. The third kappa shape index (κ3) is 3.73. The number of halogens is 1. The van der Waals surface area contributed by atoms with Crippen LogP contribution in [0, 0.1) is 18.8 Å². The van der Waals surface area contributed by atoms with Gasteiger partial charge in [-0.1, -0.05) is 50.4 Å². The van der Waals surface area contributed by atoms with Crippen molar-refractivity contribution >= 4 is 11.6 Å². The fraction of sp³-hybridized carbons (Fsp3) is 0.647. The van der Waals surface area contributed by atoms with Gasteiger partial charge in [0.2, 0.25) is 0 Å². The molecule has 1 aliphatic carbocycles. The van der Waals surface area contributed by atoms with Crippen LogP contribution < -0.4 is 5.32 Å². The van der Waals surface area contributed by atoms with Gasteiger partial charge in [-0.15, -0.1) is 0 Å². The maximum atomic E-state index is 6.39. The second-order valence-electron chi connectivity index (χ2n) is 6.04. The zero-order valence-electron chi connectivity index (χ0n) is 12.4. The van der Waals surface area contributed by atoms with Crippen molar-refractivity contribution in [1.82, 2.24) is 5.32 Å². The normalized spacial score (nSPS) is 24.6. The summed E-state index contributed by atoms with van der Waals surface area (Å²) in [4.78, 5) is 0. The van der Waals surface area contributed by atoms with Crippen molar-refractivity contribution in [3.05, 3.63) is 34.3 Å². The summed E-state index contributed by atoms with van der Waals surface area (Å²) < 4.78 is 0. The zero-order valence-corrected chi connectivity index (χ0v) is 13.1. The minimum Gasteiger partial charge on any atom is -0.314 e. The summed E-state index contributed by atoms with van der Waals surface area (Å²) in [7, 11) is 0.